The van der Waals surface area contributed by atoms with Gasteiger partial charge in [0.25, 0.3) is 0 Å². The molecule has 2 fully saturated rings. The normalized spacial score (nSPS) is 24.3. The lowest BCUT2D eigenvalue weighted by Gasteiger charge is -2.26. The van der Waals surface area contributed by atoms with Gasteiger partial charge >= 0.3 is 0 Å². The minimum atomic E-state index is -0.203. The van der Waals surface area contributed by atoms with Crippen LogP contribution < -0.4 is 10.2 Å². The molecule has 1 aromatic heterocycles. The van der Waals surface area contributed by atoms with Crippen LogP contribution in [-0.4, -0.2) is 30.2 Å². The van der Waals surface area contributed by atoms with Crippen molar-refractivity contribution in [2.75, 3.05) is 18.0 Å². The molecule has 1 saturated carbocycles. The van der Waals surface area contributed by atoms with Crippen molar-refractivity contribution < 1.29 is 4.39 Å². The number of nitrogens with zero attached hydrogens (tertiary/aromatic N) is 2. The van der Waals surface area contributed by atoms with Gasteiger partial charge in [-0.25, -0.2) is 9.37 Å². The van der Waals surface area contributed by atoms with Crippen LogP contribution in [0.25, 0.3) is 0 Å². The summed E-state index contributed by atoms with van der Waals surface area (Å²) in [7, 11) is 0. The van der Waals surface area contributed by atoms with Gasteiger partial charge in [-0.15, -0.1) is 0 Å². The summed E-state index contributed by atoms with van der Waals surface area (Å²) in [6.07, 6.45) is 6.53. The summed E-state index contributed by atoms with van der Waals surface area (Å²) >= 11 is 0. The Kier molecular flexibility index (Phi) is 2.97. The zero-order valence-corrected chi connectivity index (χ0v) is 9.90. The Morgan fingerprint density at radius 3 is 3.06 bits per heavy atom. The highest BCUT2D eigenvalue weighted by atomic mass is 19.1. The Hall–Kier alpha value is -1.16. The number of halogens is 1. The van der Waals surface area contributed by atoms with E-state index in [1.165, 1.54) is 18.9 Å². The second-order valence-electron chi connectivity index (χ2n) is 4.98. The molecule has 1 unspecified atom stereocenters. The highest BCUT2D eigenvalue weighted by Crippen LogP contribution is 2.26. The van der Waals surface area contributed by atoms with E-state index in [4.69, 9.17) is 0 Å². The van der Waals surface area contributed by atoms with Crippen LogP contribution in [0.4, 0.5) is 10.2 Å². The van der Waals surface area contributed by atoms with Crippen LogP contribution in [0.15, 0.2) is 18.3 Å². The van der Waals surface area contributed by atoms with Gasteiger partial charge in [0.15, 0.2) is 11.6 Å². The maximum absolute atomic E-state index is 13.7. The first-order valence-electron chi connectivity index (χ1n) is 6.45. The quantitative estimate of drug-likeness (QED) is 0.864. The predicted octanol–water partition coefficient (Wildman–Crippen LogP) is 1.94. The fourth-order valence-electron chi connectivity index (χ4n) is 2.51. The third-order valence-electron chi connectivity index (χ3n) is 3.61. The van der Waals surface area contributed by atoms with E-state index in [1.807, 2.05) is 0 Å². The molecule has 0 radical (unpaired) electrons. The predicted molar refractivity (Wildman–Crippen MR) is 65.6 cm³/mol. The molecule has 92 valence electrons. The summed E-state index contributed by atoms with van der Waals surface area (Å²) in [5.74, 6) is 0.318. The fourth-order valence-corrected chi connectivity index (χ4v) is 2.51. The number of rotatable bonds is 4. The van der Waals surface area contributed by atoms with Crippen molar-refractivity contribution in [3.63, 3.8) is 0 Å². The minimum absolute atomic E-state index is 0.203. The molecule has 1 aromatic rings. The molecule has 4 heteroatoms. The van der Waals surface area contributed by atoms with Crippen LogP contribution in [0, 0.1) is 5.82 Å². The molecule has 1 atom stereocenters. The lowest BCUT2D eigenvalue weighted by atomic mass is 10.2. The molecule has 1 saturated heterocycles. The second kappa shape index (κ2) is 4.61. The topological polar surface area (TPSA) is 28.2 Å². The standard InChI is InChI=1S/C13H18FN3/c14-12-4-1-7-15-13(12)17-8-2-3-11(17)9-16-10-5-6-10/h1,4,7,10-11,16H,2-3,5-6,8-9H2. The number of aromatic nitrogens is 1. The first kappa shape index (κ1) is 11.0. The summed E-state index contributed by atoms with van der Waals surface area (Å²) in [5, 5.41) is 3.53. The van der Waals surface area contributed by atoms with Gasteiger partial charge < -0.3 is 10.2 Å². The largest absolute Gasteiger partial charge is 0.350 e. The minimum Gasteiger partial charge on any atom is -0.350 e. The molecule has 1 aliphatic heterocycles. The van der Waals surface area contributed by atoms with Gasteiger partial charge in [-0.05, 0) is 37.8 Å². The van der Waals surface area contributed by atoms with Gasteiger partial charge in [-0.1, -0.05) is 0 Å². The van der Waals surface area contributed by atoms with Gasteiger partial charge in [0, 0.05) is 31.4 Å². The summed E-state index contributed by atoms with van der Waals surface area (Å²) in [4.78, 5) is 6.29. The van der Waals surface area contributed by atoms with Crippen LogP contribution in [0.5, 0.6) is 0 Å². The Morgan fingerprint density at radius 1 is 1.41 bits per heavy atom. The molecule has 17 heavy (non-hydrogen) atoms. The molecule has 0 spiro atoms. The molecule has 3 nitrogen and oxygen atoms in total. The molecular weight excluding hydrogens is 217 g/mol. The SMILES string of the molecule is Fc1cccnc1N1CCCC1CNC1CC1. The van der Waals surface area contributed by atoms with Gasteiger partial charge in [-0.2, -0.15) is 0 Å². The van der Waals surface area contributed by atoms with E-state index in [-0.39, 0.29) is 5.82 Å². The van der Waals surface area contributed by atoms with E-state index in [0.29, 0.717) is 17.9 Å². The number of hydrogen-bond acceptors (Lipinski definition) is 3. The van der Waals surface area contributed by atoms with Crippen molar-refractivity contribution in [2.45, 2.75) is 37.8 Å². The van der Waals surface area contributed by atoms with Crippen molar-refractivity contribution in [1.29, 1.82) is 0 Å². The van der Waals surface area contributed by atoms with Crippen LogP contribution in [0.3, 0.4) is 0 Å². The van der Waals surface area contributed by atoms with Crippen molar-refractivity contribution in [1.82, 2.24) is 10.3 Å². The Labute approximate surface area is 101 Å². The van der Waals surface area contributed by atoms with Crippen molar-refractivity contribution in [2.24, 2.45) is 0 Å². The molecule has 2 heterocycles. The molecule has 0 bridgehead atoms. The number of hydrogen-bond donors (Lipinski definition) is 1. The lowest BCUT2D eigenvalue weighted by Crippen LogP contribution is -2.39. The third-order valence-corrected chi connectivity index (χ3v) is 3.61. The molecule has 3 rings (SSSR count). The first-order valence-corrected chi connectivity index (χ1v) is 6.45. The van der Waals surface area contributed by atoms with Gasteiger partial charge in [0.2, 0.25) is 0 Å². The lowest BCUT2D eigenvalue weighted by molar-refractivity contribution is 0.553. The van der Waals surface area contributed by atoms with E-state index < -0.39 is 0 Å². The highest BCUT2D eigenvalue weighted by molar-refractivity contribution is 5.42. The molecular formula is C13H18FN3. The molecule has 0 amide bonds. The van der Waals surface area contributed by atoms with Crippen molar-refractivity contribution in [3.8, 4) is 0 Å². The Balaban J connectivity index is 1.69. The first-order chi connectivity index (χ1) is 8.34. The van der Waals surface area contributed by atoms with Crippen LogP contribution >= 0.6 is 0 Å². The van der Waals surface area contributed by atoms with Gasteiger partial charge in [0.1, 0.15) is 0 Å². The van der Waals surface area contributed by atoms with Crippen molar-refractivity contribution >= 4 is 5.82 Å². The van der Waals surface area contributed by atoms with Crippen LogP contribution in [0.2, 0.25) is 0 Å². The molecule has 1 aliphatic carbocycles. The van der Waals surface area contributed by atoms with E-state index in [1.54, 1.807) is 12.3 Å². The average molecular weight is 235 g/mol. The summed E-state index contributed by atoms with van der Waals surface area (Å²) < 4.78 is 13.7. The van der Waals surface area contributed by atoms with Crippen molar-refractivity contribution in [3.05, 3.63) is 24.1 Å². The molecule has 0 aromatic carbocycles. The number of pyridine rings is 1. The Morgan fingerprint density at radius 2 is 2.29 bits per heavy atom. The zero-order chi connectivity index (χ0) is 11.7. The summed E-state index contributed by atoms with van der Waals surface area (Å²) in [5.41, 5.74) is 0. The molecule has 2 aliphatic rings. The van der Waals surface area contributed by atoms with E-state index in [9.17, 15) is 4.39 Å². The van der Waals surface area contributed by atoms with E-state index in [2.05, 4.69) is 15.2 Å². The smallest absolute Gasteiger partial charge is 0.165 e. The fraction of sp³-hybridized carbons (Fsp3) is 0.615. The highest BCUT2D eigenvalue weighted by Gasteiger charge is 2.29. The van der Waals surface area contributed by atoms with Crippen LogP contribution in [-0.2, 0) is 0 Å². The number of anilines is 1. The maximum Gasteiger partial charge on any atom is 0.165 e. The average Bonchev–Trinajstić information content (AvgIpc) is 3.06. The van der Waals surface area contributed by atoms with E-state index >= 15 is 0 Å². The van der Waals surface area contributed by atoms with E-state index in [0.717, 1.165) is 25.9 Å². The van der Waals surface area contributed by atoms with Crippen LogP contribution in [0.1, 0.15) is 25.7 Å². The molecule has 1 N–H and O–H groups in total. The zero-order valence-electron chi connectivity index (χ0n) is 9.90. The Bertz CT molecular complexity index is 392. The summed E-state index contributed by atoms with van der Waals surface area (Å²) in [6.45, 7) is 1.88. The number of nitrogens with one attached hydrogen (secondary N) is 1. The summed E-state index contributed by atoms with van der Waals surface area (Å²) in [6, 6.07) is 4.25. The third kappa shape index (κ3) is 2.41. The second-order valence-corrected chi connectivity index (χ2v) is 4.98. The maximum atomic E-state index is 13.7. The monoisotopic (exact) mass is 235 g/mol. The van der Waals surface area contributed by atoms with Gasteiger partial charge in [0.05, 0.1) is 0 Å². The van der Waals surface area contributed by atoms with Gasteiger partial charge in [-0.3, -0.25) is 0 Å².